The lowest BCUT2D eigenvalue weighted by Gasteiger charge is -2.08. The molecule has 6 heteroatoms. The van der Waals surface area contributed by atoms with Crippen LogP contribution >= 0.6 is 11.3 Å². The number of nitrogens with zero attached hydrogens (tertiary/aromatic N) is 2. The Labute approximate surface area is 148 Å². The molecule has 0 spiro atoms. The highest BCUT2D eigenvalue weighted by Crippen LogP contribution is 2.23. The SMILES string of the molecule is Cc1nc2ccc(C(=O)NCc3cccnc3-c3ccco3)cc2s1. The van der Waals surface area contributed by atoms with Crippen molar-refractivity contribution in [3.8, 4) is 11.5 Å². The van der Waals surface area contributed by atoms with Crippen molar-refractivity contribution < 1.29 is 9.21 Å². The van der Waals surface area contributed by atoms with Gasteiger partial charge in [0, 0.05) is 23.9 Å². The number of aromatic nitrogens is 2. The quantitative estimate of drug-likeness (QED) is 0.600. The van der Waals surface area contributed by atoms with Crippen molar-refractivity contribution in [2.75, 3.05) is 0 Å². The normalized spacial score (nSPS) is 10.9. The first-order valence-corrected chi connectivity index (χ1v) is 8.65. The Bertz CT molecular complexity index is 1040. The summed E-state index contributed by atoms with van der Waals surface area (Å²) in [6.45, 7) is 2.34. The molecule has 5 nitrogen and oxygen atoms in total. The maximum atomic E-state index is 12.5. The summed E-state index contributed by atoms with van der Waals surface area (Å²) in [6, 6.07) is 13.0. The molecule has 3 heterocycles. The van der Waals surface area contributed by atoms with Gasteiger partial charge < -0.3 is 9.73 Å². The van der Waals surface area contributed by atoms with Gasteiger partial charge in [-0.15, -0.1) is 11.3 Å². The highest BCUT2D eigenvalue weighted by molar-refractivity contribution is 7.18. The first-order chi connectivity index (χ1) is 12.2. The van der Waals surface area contributed by atoms with Gasteiger partial charge in [-0.05, 0) is 43.3 Å². The summed E-state index contributed by atoms with van der Waals surface area (Å²) in [7, 11) is 0. The Kier molecular flexibility index (Phi) is 4.03. The van der Waals surface area contributed by atoms with Gasteiger partial charge in [0.25, 0.3) is 5.91 Å². The second-order valence-electron chi connectivity index (χ2n) is 5.59. The highest BCUT2D eigenvalue weighted by atomic mass is 32.1. The van der Waals surface area contributed by atoms with Crippen molar-refractivity contribution in [3.05, 3.63) is 71.1 Å². The van der Waals surface area contributed by atoms with Crippen LogP contribution in [0.3, 0.4) is 0 Å². The Morgan fingerprint density at radius 2 is 2.16 bits per heavy atom. The third-order valence-electron chi connectivity index (χ3n) is 3.84. The third-order valence-corrected chi connectivity index (χ3v) is 4.78. The summed E-state index contributed by atoms with van der Waals surface area (Å²) >= 11 is 1.59. The number of amides is 1. The monoisotopic (exact) mass is 349 g/mol. The van der Waals surface area contributed by atoms with Crippen LogP contribution in [0.2, 0.25) is 0 Å². The Hall–Kier alpha value is -2.99. The fraction of sp³-hybridized carbons (Fsp3) is 0.105. The summed E-state index contributed by atoms with van der Waals surface area (Å²) in [6.07, 6.45) is 3.32. The molecule has 1 aromatic carbocycles. The summed E-state index contributed by atoms with van der Waals surface area (Å²) < 4.78 is 6.44. The van der Waals surface area contributed by atoms with Crippen molar-refractivity contribution in [3.63, 3.8) is 0 Å². The van der Waals surface area contributed by atoms with Crippen molar-refractivity contribution in [2.45, 2.75) is 13.5 Å². The van der Waals surface area contributed by atoms with Crippen LogP contribution in [-0.2, 0) is 6.54 Å². The lowest BCUT2D eigenvalue weighted by atomic mass is 10.1. The van der Waals surface area contributed by atoms with E-state index in [9.17, 15) is 4.79 Å². The third kappa shape index (κ3) is 3.16. The number of carbonyl (C=O) groups is 1. The average Bonchev–Trinajstić information content (AvgIpc) is 3.27. The molecule has 0 fully saturated rings. The predicted octanol–water partition coefficient (Wildman–Crippen LogP) is 4.19. The molecule has 0 aliphatic rings. The van der Waals surface area contributed by atoms with E-state index in [1.54, 1.807) is 29.9 Å². The molecular formula is C19H15N3O2S. The number of fused-ring (bicyclic) bond motifs is 1. The van der Waals surface area contributed by atoms with Crippen LogP contribution in [0.25, 0.3) is 21.7 Å². The van der Waals surface area contributed by atoms with Gasteiger partial charge in [-0.25, -0.2) is 4.98 Å². The van der Waals surface area contributed by atoms with E-state index >= 15 is 0 Å². The van der Waals surface area contributed by atoms with E-state index < -0.39 is 0 Å². The molecule has 1 amide bonds. The van der Waals surface area contributed by atoms with Crippen LogP contribution in [0.5, 0.6) is 0 Å². The molecule has 0 radical (unpaired) electrons. The topological polar surface area (TPSA) is 68.0 Å². The van der Waals surface area contributed by atoms with Crippen molar-refractivity contribution >= 4 is 27.5 Å². The molecule has 0 bridgehead atoms. The number of thiazole rings is 1. The number of nitrogens with one attached hydrogen (secondary N) is 1. The van der Waals surface area contributed by atoms with E-state index in [1.165, 1.54) is 0 Å². The minimum Gasteiger partial charge on any atom is -0.463 e. The Morgan fingerprint density at radius 1 is 1.24 bits per heavy atom. The van der Waals surface area contributed by atoms with E-state index in [0.29, 0.717) is 17.9 Å². The average molecular weight is 349 g/mol. The van der Waals surface area contributed by atoms with Gasteiger partial charge in [0.2, 0.25) is 0 Å². The zero-order valence-electron chi connectivity index (χ0n) is 13.5. The Balaban J connectivity index is 1.54. The van der Waals surface area contributed by atoms with Gasteiger partial charge in [0.1, 0.15) is 5.69 Å². The lowest BCUT2D eigenvalue weighted by Crippen LogP contribution is -2.23. The molecule has 4 rings (SSSR count). The van der Waals surface area contributed by atoms with Crippen LogP contribution in [0.4, 0.5) is 0 Å². The highest BCUT2D eigenvalue weighted by Gasteiger charge is 2.12. The van der Waals surface area contributed by atoms with Gasteiger partial charge in [0.05, 0.1) is 21.5 Å². The zero-order chi connectivity index (χ0) is 17.2. The summed E-state index contributed by atoms with van der Waals surface area (Å²) in [5.74, 6) is 0.564. The molecular weight excluding hydrogens is 334 g/mol. The largest absolute Gasteiger partial charge is 0.463 e. The summed E-state index contributed by atoms with van der Waals surface area (Å²) in [4.78, 5) is 21.3. The molecule has 124 valence electrons. The molecule has 0 unspecified atom stereocenters. The molecule has 1 N–H and O–H groups in total. The van der Waals surface area contributed by atoms with E-state index in [1.807, 2.05) is 43.3 Å². The van der Waals surface area contributed by atoms with Crippen LogP contribution in [0.1, 0.15) is 20.9 Å². The molecule has 0 saturated carbocycles. The number of hydrogen-bond donors (Lipinski definition) is 1. The molecule has 25 heavy (non-hydrogen) atoms. The minimum absolute atomic E-state index is 0.123. The molecule has 3 aromatic heterocycles. The zero-order valence-corrected chi connectivity index (χ0v) is 14.3. The standard InChI is InChI=1S/C19H15N3O2S/c1-12-22-15-7-6-13(10-17(15)25-12)19(23)21-11-14-4-2-8-20-18(14)16-5-3-9-24-16/h2-10H,11H2,1H3,(H,21,23). The minimum atomic E-state index is -0.123. The molecule has 0 saturated heterocycles. The van der Waals surface area contributed by atoms with Crippen LogP contribution in [0, 0.1) is 6.92 Å². The first kappa shape index (κ1) is 15.5. The number of hydrogen-bond acceptors (Lipinski definition) is 5. The van der Waals surface area contributed by atoms with Crippen LogP contribution in [-0.4, -0.2) is 15.9 Å². The van der Waals surface area contributed by atoms with Crippen molar-refractivity contribution in [1.82, 2.24) is 15.3 Å². The predicted molar refractivity (Wildman–Crippen MR) is 97.5 cm³/mol. The van der Waals surface area contributed by atoms with Gasteiger partial charge in [0.15, 0.2) is 5.76 Å². The maximum absolute atomic E-state index is 12.5. The van der Waals surface area contributed by atoms with E-state index in [0.717, 1.165) is 26.5 Å². The molecule has 0 aliphatic carbocycles. The number of benzene rings is 1. The van der Waals surface area contributed by atoms with Gasteiger partial charge in [-0.3, -0.25) is 9.78 Å². The number of carbonyl (C=O) groups excluding carboxylic acids is 1. The molecule has 0 aliphatic heterocycles. The fourth-order valence-electron chi connectivity index (χ4n) is 2.68. The van der Waals surface area contributed by atoms with Gasteiger partial charge in [-0.1, -0.05) is 6.07 Å². The van der Waals surface area contributed by atoms with Crippen LogP contribution in [0.15, 0.2) is 59.3 Å². The van der Waals surface area contributed by atoms with E-state index in [4.69, 9.17) is 4.42 Å². The van der Waals surface area contributed by atoms with E-state index in [-0.39, 0.29) is 5.91 Å². The number of furan rings is 1. The van der Waals surface area contributed by atoms with Gasteiger partial charge >= 0.3 is 0 Å². The van der Waals surface area contributed by atoms with Crippen LogP contribution < -0.4 is 5.32 Å². The number of rotatable bonds is 4. The van der Waals surface area contributed by atoms with E-state index in [2.05, 4.69) is 15.3 Å². The maximum Gasteiger partial charge on any atom is 0.251 e. The molecule has 0 atom stereocenters. The van der Waals surface area contributed by atoms with Crippen molar-refractivity contribution in [1.29, 1.82) is 0 Å². The second kappa shape index (κ2) is 6.49. The second-order valence-corrected chi connectivity index (χ2v) is 6.82. The van der Waals surface area contributed by atoms with Crippen molar-refractivity contribution in [2.24, 2.45) is 0 Å². The lowest BCUT2D eigenvalue weighted by molar-refractivity contribution is 0.0951. The first-order valence-electron chi connectivity index (χ1n) is 7.84. The number of aryl methyl sites for hydroxylation is 1. The Morgan fingerprint density at radius 3 is 3.00 bits per heavy atom. The van der Waals surface area contributed by atoms with Gasteiger partial charge in [-0.2, -0.15) is 0 Å². The molecule has 4 aromatic rings. The fourth-order valence-corrected chi connectivity index (χ4v) is 3.54. The number of pyridine rings is 1. The smallest absolute Gasteiger partial charge is 0.251 e. The summed E-state index contributed by atoms with van der Waals surface area (Å²) in [5.41, 5.74) is 3.19. The summed E-state index contributed by atoms with van der Waals surface area (Å²) in [5, 5.41) is 3.94.